The molecule has 1 aromatic carbocycles. The average molecular weight is 313 g/mol. The number of hydrogen-bond acceptors (Lipinski definition) is 4. The van der Waals surface area contributed by atoms with Crippen LogP contribution in [-0.4, -0.2) is 27.4 Å². The summed E-state index contributed by atoms with van der Waals surface area (Å²) >= 11 is 0. The van der Waals surface area contributed by atoms with E-state index in [4.69, 9.17) is 4.74 Å². The Labute approximate surface area is 136 Å². The zero-order valence-electron chi connectivity index (χ0n) is 13.8. The van der Waals surface area contributed by atoms with Crippen molar-refractivity contribution in [2.45, 2.75) is 52.1 Å². The fourth-order valence-electron chi connectivity index (χ4n) is 3.01. The Kier molecular flexibility index (Phi) is 4.86. The first-order chi connectivity index (χ1) is 11.1. The monoisotopic (exact) mass is 313 g/mol. The molecular formula is C18H23N3O2. The van der Waals surface area contributed by atoms with Gasteiger partial charge in [0, 0.05) is 0 Å². The van der Waals surface area contributed by atoms with Gasteiger partial charge in [-0.15, -0.1) is 5.10 Å². The van der Waals surface area contributed by atoms with Gasteiger partial charge in [-0.05, 0) is 45.2 Å². The lowest BCUT2D eigenvalue weighted by Gasteiger charge is -2.19. The van der Waals surface area contributed by atoms with Gasteiger partial charge in [0.1, 0.15) is 18.4 Å². The number of ketones is 1. The van der Waals surface area contributed by atoms with E-state index in [0.29, 0.717) is 0 Å². The first kappa shape index (κ1) is 15.9. The molecule has 0 amide bonds. The summed E-state index contributed by atoms with van der Waals surface area (Å²) < 4.78 is 7.73. The van der Waals surface area contributed by atoms with Gasteiger partial charge in [-0.3, -0.25) is 4.79 Å². The number of nitrogens with zero attached hydrogens (tertiary/aromatic N) is 3. The molecule has 3 rings (SSSR count). The van der Waals surface area contributed by atoms with E-state index in [-0.39, 0.29) is 18.5 Å². The average Bonchev–Trinajstić information content (AvgIpc) is 2.90. The van der Waals surface area contributed by atoms with Gasteiger partial charge in [0.25, 0.3) is 0 Å². The van der Waals surface area contributed by atoms with Crippen LogP contribution in [0, 0.1) is 6.92 Å². The number of carbonyl (C=O) groups excluding carboxylic acids is 1. The van der Waals surface area contributed by atoms with E-state index in [9.17, 15) is 4.79 Å². The van der Waals surface area contributed by atoms with Crippen molar-refractivity contribution in [2.24, 2.45) is 0 Å². The lowest BCUT2D eigenvalue weighted by molar-refractivity contribution is -0.123. The molecule has 2 aromatic rings. The SMILES string of the molecule is CC(=O)COC1CCCCCc2c1nnn2-c1ccc(C)cc1. The minimum atomic E-state index is -0.131. The Bertz CT molecular complexity index is 676. The molecule has 0 N–H and O–H groups in total. The van der Waals surface area contributed by atoms with E-state index in [2.05, 4.69) is 41.5 Å². The molecule has 1 heterocycles. The van der Waals surface area contributed by atoms with Crippen molar-refractivity contribution in [3.63, 3.8) is 0 Å². The summed E-state index contributed by atoms with van der Waals surface area (Å²) in [5.74, 6) is 0.0412. The highest BCUT2D eigenvalue weighted by atomic mass is 16.5. The minimum absolute atomic E-state index is 0.0412. The van der Waals surface area contributed by atoms with Gasteiger partial charge < -0.3 is 4.74 Å². The molecular weight excluding hydrogens is 290 g/mol. The summed E-state index contributed by atoms with van der Waals surface area (Å²) in [5.41, 5.74) is 4.25. The maximum Gasteiger partial charge on any atom is 0.155 e. The first-order valence-electron chi connectivity index (χ1n) is 8.27. The minimum Gasteiger partial charge on any atom is -0.364 e. The summed E-state index contributed by atoms with van der Waals surface area (Å²) in [5, 5.41) is 8.75. The summed E-state index contributed by atoms with van der Waals surface area (Å²) in [6.45, 7) is 3.76. The van der Waals surface area contributed by atoms with Crippen LogP contribution in [0.25, 0.3) is 5.69 Å². The molecule has 1 aliphatic rings. The molecule has 0 fully saturated rings. The van der Waals surface area contributed by atoms with E-state index in [1.807, 2.05) is 4.68 Å². The van der Waals surface area contributed by atoms with Crippen molar-refractivity contribution in [1.29, 1.82) is 0 Å². The third kappa shape index (κ3) is 3.67. The second-order valence-electron chi connectivity index (χ2n) is 6.27. The van der Waals surface area contributed by atoms with Crippen LogP contribution in [0.1, 0.15) is 55.7 Å². The van der Waals surface area contributed by atoms with Gasteiger partial charge in [0.05, 0.1) is 11.4 Å². The fourth-order valence-corrected chi connectivity index (χ4v) is 3.01. The Balaban J connectivity index is 1.94. The lowest BCUT2D eigenvalue weighted by atomic mass is 9.98. The summed E-state index contributed by atoms with van der Waals surface area (Å²) in [6.07, 6.45) is 5.10. The maximum absolute atomic E-state index is 11.2. The number of aryl methyl sites for hydroxylation is 1. The van der Waals surface area contributed by atoms with E-state index in [1.54, 1.807) is 6.92 Å². The van der Waals surface area contributed by atoms with Crippen molar-refractivity contribution in [2.75, 3.05) is 6.61 Å². The highest BCUT2D eigenvalue weighted by molar-refractivity contribution is 5.76. The lowest BCUT2D eigenvalue weighted by Crippen LogP contribution is -2.15. The van der Waals surface area contributed by atoms with Crippen molar-refractivity contribution in [3.8, 4) is 5.69 Å². The van der Waals surface area contributed by atoms with Crippen LogP contribution in [0.4, 0.5) is 0 Å². The Morgan fingerprint density at radius 2 is 2.04 bits per heavy atom. The standard InChI is InChI=1S/C18H23N3O2/c1-13-8-10-15(11-9-13)21-16-6-4-3-5-7-17(18(16)19-20-21)23-12-14(2)22/h8-11,17H,3-7,12H2,1-2H3. The number of fused-ring (bicyclic) bond motifs is 1. The molecule has 0 saturated carbocycles. The predicted molar refractivity (Wildman–Crippen MR) is 87.6 cm³/mol. The Morgan fingerprint density at radius 3 is 2.78 bits per heavy atom. The smallest absolute Gasteiger partial charge is 0.155 e. The first-order valence-corrected chi connectivity index (χ1v) is 8.27. The van der Waals surface area contributed by atoms with Crippen LogP contribution < -0.4 is 0 Å². The molecule has 0 spiro atoms. The summed E-state index contributed by atoms with van der Waals surface area (Å²) in [4.78, 5) is 11.2. The quantitative estimate of drug-likeness (QED) is 0.868. The number of carbonyl (C=O) groups is 1. The number of aromatic nitrogens is 3. The number of ether oxygens (including phenoxy) is 1. The van der Waals surface area contributed by atoms with Gasteiger partial charge in [0.2, 0.25) is 0 Å². The highest BCUT2D eigenvalue weighted by Gasteiger charge is 2.25. The highest BCUT2D eigenvalue weighted by Crippen LogP contribution is 2.30. The summed E-state index contributed by atoms with van der Waals surface area (Å²) in [7, 11) is 0. The second-order valence-corrected chi connectivity index (χ2v) is 6.27. The Morgan fingerprint density at radius 1 is 1.26 bits per heavy atom. The topological polar surface area (TPSA) is 57.0 Å². The van der Waals surface area contributed by atoms with Gasteiger partial charge in [-0.25, -0.2) is 4.68 Å². The van der Waals surface area contributed by atoms with Crippen molar-refractivity contribution < 1.29 is 9.53 Å². The third-order valence-electron chi connectivity index (χ3n) is 4.24. The van der Waals surface area contributed by atoms with E-state index < -0.39 is 0 Å². The van der Waals surface area contributed by atoms with E-state index in [0.717, 1.165) is 42.8 Å². The van der Waals surface area contributed by atoms with Crippen molar-refractivity contribution in [3.05, 3.63) is 41.2 Å². The zero-order chi connectivity index (χ0) is 16.2. The van der Waals surface area contributed by atoms with Crippen LogP contribution in [0.2, 0.25) is 0 Å². The van der Waals surface area contributed by atoms with Crippen LogP contribution >= 0.6 is 0 Å². The van der Waals surface area contributed by atoms with Crippen molar-refractivity contribution >= 4 is 5.78 Å². The van der Waals surface area contributed by atoms with E-state index >= 15 is 0 Å². The summed E-state index contributed by atoms with van der Waals surface area (Å²) in [6, 6.07) is 8.29. The molecule has 23 heavy (non-hydrogen) atoms. The van der Waals surface area contributed by atoms with Crippen LogP contribution in [0.3, 0.4) is 0 Å². The number of rotatable bonds is 4. The molecule has 0 saturated heterocycles. The molecule has 0 aliphatic heterocycles. The largest absolute Gasteiger partial charge is 0.364 e. The molecule has 122 valence electrons. The van der Waals surface area contributed by atoms with Gasteiger partial charge in [-0.2, -0.15) is 0 Å². The molecule has 0 radical (unpaired) electrons. The number of benzene rings is 1. The molecule has 5 nitrogen and oxygen atoms in total. The number of Topliss-reactive ketones (excluding diaryl/α,β-unsaturated/α-hetero) is 1. The molecule has 1 unspecified atom stereocenters. The van der Waals surface area contributed by atoms with E-state index in [1.165, 1.54) is 12.0 Å². The zero-order valence-corrected chi connectivity index (χ0v) is 13.8. The Hall–Kier alpha value is -2.01. The van der Waals surface area contributed by atoms with Gasteiger partial charge in [-0.1, -0.05) is 35.8 Å². The fraction of sp³-hybridized carbons (Fsp3) is 0.500. The molecule has 5 heteroatoms. The normalized spacial score (nSPS) is 18.1. The number of hydrogen-bond donors (Lipinski definition) is 0. The molecule has 1 aliphatic carbocycles. The molecule has 0 bridgehead atoms. The van der Waals surface area contributed by atoms with Gasteiger partial charge >= 0.3 is 0 Å². The van der Waals surface area contributed by atoms with Crippen LogP contribution in [-0.2, 0) is 16.0 Å². The second kappa shape index (κ2) is 7.04. The van der Waals surface area contributed by atoms with Crippen molar-refractivity contribution in [1.82, 2.24) is 15.0 Å². The predicted octanol–water partition coefficient (Wildman–Crippen LogP) is 3.34. The van der Waals surface area contributed by atoms with Crippen LogP contribution in [0.5, 0.6) is 0 Å². The third-order valence-corrected chi connectivity index (χ3v) is 4.24. The van der Waals surface area contributed by atoms with Gasteiger partial charge in [0.15, 0.2) is 5.78 Å². The molecule has 1 aromatic heterocycles. The maximum atomic E-state index is 11.2. The molecule has 1 atom stereocenters. The van der Waals surface area contributed by atoms with Crippen LogP contribution in [0.15, 0.2) is 24.3 Å².